The molecule has 3 aromatic rings. The molecule has 4 heteroatoms. The van der Waals surface area contributed by atoms with E-state index in [-0.39, 0.29) is 50.7 Å². The largest absolute Gasteiger partial charge is 4.00 e. The standard InChI is InChI=1S/C11H11.C5H5.C2H6Si.2ClH.Hf/c1-8-6-7-9(2)11-5-3-4-10(8)11;1-2-4-5-3-1;1-3-2;;;/h3-7H,1-2H3;1-5H;1-2H3;2*1H;/q2*-1;;;;+4/p-2. The first-order valence-corrected chi connectivity index (χ1v) is 8.57. The molecular formula is C18H22Cl2HfSi. The second kappa shape index (κ2) is 15.7. The Kier molecular flexibility index (Phi) is 19.1. The average molecular weight is 516 g/mol. The van der Waals surface area contributed by atoms with Crippen LogP contribution in [0, 0.1) is 13.8 Å². The minimum atomic E-state index is 0. The zero-order valence-corrected chi connectivity index (χ0v) is 19.6. The minimum absolute atomic E-state index is 0. The monoisotopic (exact) mass is 516 g/mol. The zero-order valence-electron chi connectivity index (χ0n) is 13.5. The van der Waals surface area contributed by atoms with Crippen molar-refractivity contribution in [3.05, 3.63) is 71.8 Å². The van der Waals surface area contributed by atoms with Crippen molar-refractivity contribution in [3.8, 4) is 0 Å². The molecule has 0 aliphatic rings. The summed E-state index contributed by atoms with van der Waals surface area (Å²) in [5.41, 5.74) is 2.74. The van der Waals surface area contributed by atoms with E-state index in [0.29, 0.717) is 0 Å². The first kappa shape index (κ1) is 26.7. The Bertz CT molecular complexity index is 521. The Labute approximate surface area is 168 Å². The van der Waals surface area contributed by atoms with Gasteiger partial charge in [0.15, 0.2) is 0 Å². The Balaban J connectivity index is -0.000000283. The van der Waals surface area contributed by atoms with Crippen LogP contribution in [-0.4, -0.2) is 9.52 Å². The van der Waals surface area contributed by atoms with Crippen LogP contribution in [0.2, 0.25) is 13.1 Å². The molecule has 0 bridgehead atoms. The van der Waals surface area contributed by atoms with E-state index in [9.17, 15) is 0 Å². The Morgan fingerprint density at radius 2 is 1.32 bits per heavy atom. The molecule has 0 saturated carbocycles. The molecule has 0 nitrogen and oxygen atoms in total. The van der Waals surface area contributed by atoms with E-state index in [2.05, 4.69) is 57.3 Å². The van der Waals surface area contributed by atoms with Gasteiger partial charge in [0.2, 0.25) is 0 Å². The Morgan fingerprint density at radius 3 is 1.73 bits per heavy atom. The van der Waals surface area contributed by atoms with E-state index in [1.807, 2.05) is 30.3 Å². The van der Waals surface area contributed by atoms with Crippen LogP contribution >= 0.6 is 0 Å². The normalized spacial score (nSPS) is 8.00. The fourth-order valence-electron chi connectivity index (χ4n) is 1.86. The summed E-state index contributed by atoms with van der Waals surface area (Å²) in [6, 6.07) is 20.8. The number of rotatable bonds is 0. The summed E-state index contributed by atoms with van der Waals surface area (Å²) in [4.78, 5) is 0. The first-order chi connectivity index (χ1) is 9.20. The molecule has 0 amide bonds. The Morgan fingerprint density at radius 1 is 0.818 bits per heavy atom. The van der Waals surface area contributed by atoms with E-state index in [0.717, 1.165) is 9.52 Å². The van der Waals surface area contributed by atoms with Gasteiger partial charge in [-0.25, -0.2) is 12.1 Å². The number of hydrogen-bond acceptors (Lipinski definition) is 0. The van der Waals surface area contributed by atoms with Crippen molar-refractivity contribution in [2.45, 2.75) is 26.9 Å². The second-order valence-electron chi connectivity index (χ2n) is 4.51. The van der Waals surface area contributed by atoms with E-state index >= 15 is 0 Å². The quantitative estimate of drug-likeness (QED) is 0.276. The third-order valence-corrected chi connectivity index (χ3v) is 2.80. The molecule has 116 valence electrons. The van der Waals surface area contributed by atoms with Gasteiger partial charge >= 0.3 is 25.8 Å². The van der Waals surface area contributed by atoms with Crippen molar-refractivity contribution in [3.63, 3.8) is 0 Å². The fraction of sp³-hybridized carbons (Fsp3) is 0.222. The van der Waals surface area contributed by atoms with Crippen LogP contribution in [-0.2, 0) is 25.8 Å². The van der Waals surface area contributed by atoms with E-state index < -0.39 is 0 Å². The van der Waals surface area contributed by atoms with Crippen LogP contribution in [0.5, 0.6) is 0 Å². The van der Waals surface area contributed by atoms with Crippen molar-refractivity contribution >= 4 is 20.3 Å². The molecule has 0 aromatic heterocycles. The summed E-state index contributed by atoms with van der Waals surface area (Å²) in [5.74, 6) is 0. The molecule has 2 radical (unpaired) electrons. The summed E-state index contributed by atoms with van der Waals surface area (Å²) < 4.78 is 0. The number of aryl methyl sites for hydroxylation is 2. The molecular weight excluding hydrogens is 494 g/mol. The van der Waals surface area contributed by atoms with Gasteiger partial charge in [0.25, 0.3) is 0 Å². The molecule has 3 aromatic carbocycles. The smallest absolute Gasteiger partial charge is 1.00 e. The average Bonchev–Trinajstić information content (AvgIpc) is 3.07. The maximum absolute atomic E-state index is 2.18. The first-order valence-electron chi connectivity index (χ1n) is 6.57. The van der Waals surface area contributed by atoms with Crippen LogP contribution in [0.3, 0.4) is 0 Å². The molecule has 0 aliphatic carbocycles. The van der Waals surface area contributed by atoms with Crippen molar-refractivity contribution in [1.82, 2.24) is 0 Å². The molecule has 0 heterocycles. The van der Waals surface area contributed by atoms with Crippen molar-refractivity contribution in [1.29, 1.82) is 0 Å². The van der Waals surface area contributed by atoms with Crippen LogP contribution in [0.15, 0.2) is 60.7 Å². The van der Waals surface area contributed by atoms with Gasteiger partial charge in [-0.1, -0.05) is 31.6 Å². The van der Waals surface area contributed by atoms with Gasteiger partial charge in [0.05, 0.1) is 0 Å². The van der Waals surface area contributed by atoms with Crippen LogP contribution in [0.4, 0.5) is 0 Å². The van der Waals surface area contributed by atoms with E-state index in [1.165, 1.54) is 21.9 Å². The molecule has 0 atom stereocenters. The van der Waals surface area contributed by atoms with Gasteiger partial charge in [-0.05, 0) is 6.92 Å². The predicted molar refractivity (Wildman–Crippen MR) is 88.5 cm³/mol. The van der Waals surface area contributed by atoms with Gasteiger partial charge in [-0.3, -0.25) is 0 Å². The summed E-state index contributed by atoms with van der Waals surface area (Å²) in [6.45, 7) is 8.61. The molecule has 0 aliphatic heterocycles. The van der Waals surface area contributed by atoms with Crippen molar-refractivity contribution in [2.24, 2.45) is 0 Å². The van der Waals surface area contributed by atoms with Gasteiger partial charge in [0, 0.05) is 9.52 Å². The molecule has 3 rings (SSSR count). The molecule has 0 spiro atoms. The topological polar surface area (TPSA) is 0 Å². The maximum atomic E-state index is 2.18. The minimum Gasteiger partial charge on any atom is -1.00 e. The van der Waals surface area contributed by atoms with Gasteiger partial charge < -0.3 is 24.8 Å². The van der Waals surface area contributed by atoms with Crippen molar-refractivity contribution in [2.75, 3.05) is 0 Å². The number of halogens is 2. The van der Waals surface area contributed by atoms with E-state index in [4.69, 9.17) is 0 Å². The zero-order chi connectivity index (χ0) is 14.1. The fourth-order valence-corrected chi connectivity index (χ4v) is 1.86. The van der Waals surface area contributed by atoms with Crippen LogP contribution in [0.25, 0.3) is 10.8 Å². The van der Waals surface area contributed by atoms with Crippen LogP contribution in [0.1, 0.15) is 11.1 Å². The number of benzene rings is 1. The number of fused-ring (bicyclic) bond motifs is 1. The summed E-state index contributed by atoms with van der Waals surface area (Å²) in [7, 11) is 1.08. The molecule has 0 fully saturated rings. The molecule has 0 unspecified atom stereocenters. The Hall–Kier alpha value is -0.153. The maximum Gasteiger partial charge on any atom is 4.00 e. The van der Waals surface area contributed by atoms with Gasteiger partial charge in [-0.2, -0.15) is 30.3 Å². The molecule has 0 saturated heterocycles. The third kappa shape index (κ3) is 9.09. The summed E-state index contributed by atoms with van der Waals surface area (Å²) in [5, 5.41) is 2.79. The van der Waals surface area contributed by atoms with Crippen LogP contribution < -0.4 is 24.8 Å². The van der Waals surface area contributed by atoms with E-state index in [1.54, 1.807) is 0 Å². The molecule has 22 heavy (non-hydrogen) atoms. The second-order valence-corrected chi connectivity index (χ2v) is 5.51. The van der Waals surface area contributed by atoms with Gasteiger partial charge in [-0.15, -0.1) is 28.5 Å². The molecule has 0 N–H and O–H groups in total. The third-order valence-electron chi connectivity index (χ3n) is 2.80. The van der Waals surface area contributed by atoms with Gasteiger partial charge in [0.1, 0.15) is 0 Å². The SMILES string of the molecule is C[Si]C.Cc1ccc(C)c2[cH-]ccc12.[Cl-].[Cl-].[Hf+4].c1cc[cH-]c1. The predicted octanol–water partition coefficient (Wildman–Crippen LogP) is -0.627. The number of hydrogen-bond donors (Lipinski definition) is 0. The summed E-state index contributed by atoms with van der Waals surface area (Å²) in [6.07, 6.45) is 0. The summed E-state index contributed by atoms with van der Waals surface area (Å²) >= 11 is 0. The van der Waals surface area contributed by atoms with Crippen molar-refractivity contribution < 1.29 is 50.7 Å².